The molecule has 5 heteroatoms. The minimum absolute atomic E-state index is 0.0453. The first-order valence-corrected chi connectivity index (χ1v) is 33.2. The fourth-order valence-electron chi connectivity index (χ4n) is 16.5. The Labute approximate surface area is 598 Å². The lowest BCUT2D eigenvalue weighted by Crippen LogP contribution is -2.60. The number of hydrogen-bond donors (Lipinski definition) is 0. The van der Waals surface area contributed by atoms with Gasteiger partial charge in [-0.15, -0.1) is 0 Å². The first-order valence-electron chi connectivity index (χ1n) is 42.2. The molecular weight excluding hydrogens is 1200 g/mol. The summed E-state index contributed by atoms with van der Waals surface area (Å²) in [5.41, 5.74) is 12.7. The topological polar surface area (TPSA) is 17.5 Å². The number of hydrogen-bond acceptors (Lipinski definition) is 1. The van der Waals surface area contributed by atoms with Crippen LogP contribution in [0.25, 0.3) is 159 Å². The highest BCUT2D eigenvalue weighted by Crippen LogP contribution is 2.55. The minimum Gasteiger partial charge on any atom is -0.310 e. The van der Waals surface area contributed by atoms with Gasteiger partial charge in [-0.1, -0.05) is 281 Å². The first kappa shape index (κ1) is 40.8. The van der Waals surface area contributed by atoms with Crippen molar-refractivity contribution >= 4 is 143 Å². The van der Waals surface area contributed by atoms with Crippen LogP contribution in [0.4, 0.5) is 17.1 Å². The SMILES string of the molecule is [2H]c1c([2H])c([2H])c(-c2ccc3c(c2)c2cc(-c4c([2H])c([2H])c([2H])c([2H])c4[2H])cc4c2n3-c2cc3c(c5c2B4c2ccc(-n4c6c([2H])c([2H])c([2H])c([2H])c6c6c([2H])c([2H])c([2H])c([2H])c64)cc2N5c2c(-c4ccccc4)cc(C(C)(C)C)cc2-c2ccccc2)c2cccc4c5ccccc5c5ccccc5c5ccccc5n3c42)c([2H])c1[2H]. The molecule has 6 heterocycles. The predicted molar refractivity (Wildman–Crippen MR) is 422 cm³/mol. The van der Waals surface area contributed by atoms with E-state index in [9.17, 15) is 16.4 Å². The zero-order chi connectivity index (χ0) is 81.0. The zero-order valence-electron chi connectivity index (χ0n) is 71.7. The molecule has 2 aliphatic heterocycles. The van der Waals surface area contributed by atoms with Gasteiger partial charge in [-0.3, -0.25) is 0 Å². The molecule has 4 aromatic heterocycles. The van der Waals surface area contributed by atoms with E-state index >= 15 is 0 Å². The Balaban J connectivity index is 1.06. The fraction of sp³-hybridized carbons (Fsp3) is 0.0426. The summed E-state index contributed by atoms with van der Waals surface area (Å²) in [6.45, 7) is 5.64. The Morgan fingerprint density at radius 2 is 0.859 bits per heavy atom. The Hall–Kier alpha value is -12.4. The maximum absolute atomic E-state index is 9.96. The molecule has 15 aromatic carbocycles. The first-order chi connectivity index (χ1) is 56.3. The van der Waals surface area contributed by atoms with Gasteiger partial charge in [0.25, 0.3) is 6.71 Å². The van der Waals surface area contributed by atoms with Gasteiger partial charge in [-0.2, -0.15) is 0 Å². The van der Waals surface area contributed by atoms with Crippen LogP contribution in [0.15, 0.2) is 327 Å². The fourth-order valence-corrected chi connectivity index (χ4v) is 16.5. The molecule has 99 heavy (non-hydrogen) atoms. The maximum Gasteiger partial charge on any atom is 0.252 e. The standard InChI is InChI=1S/C94H63BN4/c1-94(2,3)64-54-75(60-31-12-6-13-32-60)91(76(55-64)61-33-14-7-15-34-61)99-85-56-65(96-81-44-23-21-40-71(81)72-41-22-24-45-82(72)96)48-49-79(85)95-80-53-63(59-29-10-5-11-30-59)52-78-77-51-62(58-27-8-4-9-28-58)47-50-84(77)98(92(78)80)87-57-86-88(93(99)89(87)95)74-43-26-42-73-69-38-19-17-36-67(69)66-35-16-18-37-68(66)70-39-20-25-46-83(70)97(86)90(73)74/h4-57H,1-3H3/i4D,5D,8D,9D,10D,11D,21D,22D,23D,24D,27D,28D,29D,30D,40D,41D,44D,45D. The third-order valence-corrected chi connectivity index (χ3v) is 20.7. The van der Waals surface area contributed by atoms with Crippen LogP contribution < -0.4 is 21.3 Å². The second-order valence-electron chi connectivity index (χ2n) is 26.9. The Morgan fingerprint density at radius 1 is 0.313 bits per heavy atom. The van der Waals surface area contributed by atoms with Crippen molar-refractivity contribution in [2.75, 3.05) is 4.90 Å². The molecule has 0 N–H and O–H groups in total. The Bertz CT molecular complexity index is 7670. The monoisotopic (exact) mass is 1280 g/mol. The highest BCUT2D eigenvalue weighted by molar-refractivity contribution is 7.00. The summed E-state index contributed by atoms with van der Waals surface area (Å²) in [6, 6.07) is 64.6. The van der Waals surface area contributed by atoms with Crippen molar-refractivity contribution in [1.82, 2.24) is 13.5 Å². The summed E-state index contributed by atoms with van der Waals surface area (Å²) in [6.07, 6.45) is 0. The van der Waals surface area contributed by atoms with Gasteiger partial charge in [0, 0.05) is 76.8 Å². The quantitative estimate of drug-likeness (QED) is 0.152. The normalized spacial score (nSPS) is 15.3. The summed E-state index contributed by atoms with van der Waals surface area (Å²) in [5.74, 6) is 0. The molecule has 0 bridgehead atoms. The molecule has 4 nitrogen and oxygen atoms in total. The van der Waals surface area contributed by atoms with Crippen molar-refractivity contribution < 1.29 is 24.7 Å². The van der Waals surface area contributed by atoms with E-state index in [1.807, 2.05) is 78.9 Å². The van der Waals surface area contributed by atoms with E-state index in [0.29, 0.717) is 61.0 Å². The molecule has 21 rings (SSSR count). The Kier molecular flexibility index (Phi) is 8.68. The van der Waals surface area contributed by atoms with Gasteiger partial charge in [-0.05, 0) is 149 Å². The van der Waals surface area contributed by atoms with Crippen LogP contribution in [-0.2, 0) is 5.41 Å². The molecule has 19 aromatic rings. The lowest BCUT2D eigenvalue weighted by atomic mass is 9.33. The number of nitrogens with zero attached hydrogens (tertiary/aromatic N) is 4. The van der Waals surface area contributed by atoms with Gasteiger partial charge < -0.3 is 18.4 Å². The molecule has 0 aliphatic carbocycles. The number of rotatable bonds is 6. The van der Waals surface area contributed by atoms with Gasteiger partial charge in [-0.25, -0.2) is 0 Å². The molecule has 0 saturated carbocycles. The molecule has 0 spiro atoms. The molecule has 0 fully saturated rings. The highest BCUT2D eigenvalue weighted by Gasteiger charge is 2.46. The average Bonchev–Trinajstić information content (AvgIpc) is 1.55. The lowest BCUT2D eigenvalue weighted by Gasteiger charge is -2.43. The molecule has 462 valence electrons. The second-order valence-corrected chi connectivity index (χ2v) is 26.9. The van der Waals surface area contributed by atoms with Crippen LogP contribution in [0.2, 0.25) is 0 Å². The van der Waals surface area contributed by atoms with E-state index in [2.05, 4.69) is 168 Å². The predicted octanol–water partition coefficient (Wildman–Crippen LogP) is 23.0. The number of para-hydroxylation sites is 4. The molecule has 0 amide bonds. The maximum atomic E-state index is 9.96. The van der Waals surface area contributed by atoms with Crippen molar-refractivity contribution in [2.45, 2.75) is 26.2 Å². The van der Waals surface area contributed by atoms with E-state index in [1.54, 1.807) is 10.6 Å². The number of fused-ring (bicyclic) bond motifs is 21. The molecule has 0 unspecified atom stereocenters. The van der Waals surface area contributed by atoms with Crippen LogP contribution >= 0.6 is 0 Å². The van der Waals surface area contributed by atoms with Crippen LogP contribution in [0.5, 0.6) is 0 Å². The van der Waals surface area contributed by atoms with Crippen LogP contribution in [0.1, 0.15) is 51.0 Å². The van der Waals surface area contributed by atoms with Gasteiger partial charge in [0.15, 0.2) is 0 Å². The van der Waals surface area contributed by atoms with E-state index in [-0.39, 0.29) is 44.2 Å². The van der Waals surface area contributed by atoms with E-state index in [0.717, 1.165) is 92.9 Å². The van der Waals surface area contributed by atoms with Crippen molar-refractivity contribution in [3.05, 3.63) is 333 Å². The number of aromatic nitrogens is 3. The second kappa shape index (κ2) is 21.0. The summed E-state index contributed by atoms with van der Waals surface area (Å²) < 4.78 is 175. The van der Waals surface area contributed by atoms with Crippen LogP contribution in [0.3, 0.4) is 0 Å². The summed E-state index contributed by atoms with van der Waals surface area (Å²) in [7, 11) is 0. The summed E-state index contributed by atoms with van der Waals surface area (Å²) in [4.78, 5) is 2.34. The lowest BCUT2D eigenvalue weighted by molar-refractivity contribution is 0.591. The third-order valence-electron chi connectivity index (χ3n) is 20.7. The number of benzene rings is 15. The Morgan fingerprint density at radius 3 is 1.51 bits per heavy atom. The van der Waals surface area contributed by atoms with Gasteiger partial charge in [0.2, 0.25) is 0 Å². The minimum atomic E-state index is -0.925. The molecular formula is C94H63BN4. The van der Waals surface area contributed by atoms with Crippen molar-refractivity contribution in [1.29, 1.82) is 0 Å². The van der Waals surface area contributed by atoms with Crippen LogP contribution in [0, 0.1) is 0 Å². The molecule has 0 saturated heterocycles. The van der Waals surface area contributed by atoms with Crippen molar-refractivity contribution in [2.24, 2.45) is 0 Å². The molecule has 0 radical (unpaired) electrons. The van der Waals surface area contributed by atoms with E-state index in [1.165, 1.54) is 0 Å². The van der Waals surface area contributed by atoms with Gasteiger partial charge in [0.05, 0.1) is 69.1 Å². The largest absolute Gasteiger partial charge is 0.310 e. The average molecular weight is 1280 g/mol. The van der Waals surface area contributed by atoms with Crippen molar-refractivity contribution in [3.8, 4) is 55.9 Å². The van der Waals surface area contributed by atoms with Crippen molar-refractivity contribution in [3.63, 3.8) is 0 Å². The van der Waals surface area contributed by atoms with Gasteiger partial charge in [0.1, 0.15) is 0 Å². The summed E-state index contributed by atoms with van der Waals surface area (Å²) in [5, 5.41) is 8.33. The molecule has 0 atom stereocenters. The smallest absolute Gasteiger partial charge is 0.252 e. The van der Waals surface area contributed by atoms with E-state index in [4.69, 9.17) is 8.22 Å². The van der Waals surface area contributed by atoms with Crippen LogP contribution in [-0.4, -0.2) is 20.2 Å². The van der Waals surface area contributed by atoms with Gasteiger partial charge >= 0.3 is 0 Å². The highest BCUT2D eigenvalue weighted by atomic mass is 15.2. The third kappa shape index (κ3) is 8.04. The summed E-state index contributed by atoms with van der Waals surface area (Å²) >= 11 is 0. The molecule has 2 aliphatic rings. The van der Waals surface area contributed by atoms with E-state index < -0.39 is 121 Å². The zero-order valence-corrected chi connectivity index (χ0v) is 53.7. The number of anilines is 3.